The number of aliphatic carboxylic acids is 1. The lowest BCUT2D eigenvalue weighted by atomic mass is 9.97. The van der Waals surface area contributed by atoms with E-state index in [-0.39, 0.29) is 25.2 Å². The number of hydrogen-bond acceptors (Lipinski definition) is 5. The lowest BCUT2D eigenvalue weighted by Crippen LogP contribution is -2.44. The third-order valence-electron chi connectivity index (χ3n) is 2.69. The predicted molar refractivity (Wildman–Crippen MR) is 64.2 cm³/mol. The van der Waals surface area contributed by atoms with Crippen molar-refractivity contribution in [3.05, 3.63) is 28.3 Å². The Kier molecular flexibility index (Phi) is 4.60. The molecule has 1 aromatic rings. The molecule has 0 saturated heterocycles. The van der Waals surface area contributed by atoms with E-state index in [0.29, 0.717) is 0 Å². The van der Waals surface area contributed by atoms with Crippen LogP contribution in [0.3, 0.4) is 0 Å². The summed E-state index contributed by atoms with van der Waals surface area (Å²) in [7, 11) is 0. The third-order valence-corrected chi connectivity index (χ3v) is 2.69. The van der Waals surface area contributed by atoms with E-state index in [0.717, 1.165) is 4.57 Å². The molecule has 1 heterocycles. The highest BCUT2D eigenvalue weighted by molar-refractivity contribution is 5.77. The lowest BCUT2D eigenvalue weighted by molar-refractivity contribution is -0.142. The smallest absolute Gasteiger partial charge is 0.441 e. The van der Waals surface area contributed by atoms with Gasteiger partial charge < -0.3 is 10.8 Å². The maximum Gasteiger partial charge on any atom is 0.441 e. The summed E-state index contributed by atoms with van der Waals surface area (Å²) in [5.41, 5.74) is 4.10. The number of carbonyl (C=O) groups is 1. The predicted octanol–water partition coefficient (Wildman–Crippen LogP) is 0.580. The van der Waals surface area contributed by atoms with Crippen LogP contribution in [0, 0.1) is 6.92 Å². The van der Waals surface area contributed by atoms with Gasteiger partial charge in [-0.3, -0.25) is 13.9 Å². The Balaban J connectivity index is 2.60. The molecule has 1 aromatic heterocycles. The van der Waals surface area contributed by atoms with Gasteiger partial charge in [-0.2, -0.15) is 0 Å². The average Bonchev–Trinajstić information content (AvgIpc) is 2.60. The van der Waals surface area contributed by atoms with Crippen molar-refractivity contribution in [3.8, 4) is 0 Å². The van der Waals surface area contributed by atoms with Gasteiger partial charge in [-0.05, 0) is 26.7 Å². The highest BCUT2D eigenvalue weighted by Gasteiger charge is 2.26. The summed E-state index contributed by atoms with van der Waals surface area (Å²) in [5, 5.41) is 12.2. The summed E-state index contributed by atoms with van der Waals surface area (Å²) >= 11 is 0. The fraction of sp³-hybridized carbons (Fsp3) is 0.545. The van der Waals surface area contributed by atoms with Crippen LogP contribution >= 0.6 is 0 Å². The number of nitrogens with two attached hydrogens (primary N) is 1. The van der Waals surface area contributed by atoms with Crippen LogP contribution in [0.5, 0.6) is 0 Å². The Morgan fingerprint density at radius 2 is 2.32 bits per heavy atom. The minimum Gasteiger partial charge on any atom is -0.480 e. The monoisotopic (exact) mass is 273 g/mol. The number of allylic oxidation sites excluding steroid dienone is 2. The van der Waals surface area contributed by atoms with Gasteiger partial charge in [0, 0.05) is 0 Å². The lowest BCUT2D eigenvalue weighted by Gasteiger charge is -2.17. The minimum atomic E-state index is -1.40. The summed E-state index contributed by atoms with van der Waals surface area (Å²) < 4.78 is 18.9. The van der Waals surface area contributed by atoms with E-state index in [9.17, 15) is 14.0 Å². The molecule has 0 amide bonds. The van der Waals surface area contributed by atoms with Crippen LogP contribution in [0.2, 0.25) is 0 Å². The van der Waals surface area contributed by atoms with Gasteiger partial charge in [-0.15, -0.1) is 0 Å². The van der Waals surface area contributed by atoms with Gasteiger partial charge in [0.05, 0.1) is 6.54 Å². The zero-order valence-electron chi connectivity index (χ0n) is 10.7. The second kappa shape index (κ2) is 5.79. The quantitative estimate of drug-likeness (QED) is 0.784. The number of rotatable bonds is 6. The third kappa shape index (κ3) is 4.02. The van der Waals surface area contributed by atoms with Crippen LogP contribution in [0.15, 0.2) is 21.2 Å². The first kappa shape index (κ1) is 15.1. The second-order valence-corrected chi connectivity index (χ2v) is 4.49. The summed E-state index contributed by atoms with van der Waals surface area (Å²) in [4.78, 5) is 21.9. The molecule has 3 N–H and O–H groups in total. The summed E-state index contributed by atoms with van der Waals surface area (Å²) in [6.45, 7) is 2.58. The number of aryl methyl sites for hydroxylation is 1. The number of aromatic nitrogens is 2. The fourth-order valence-electron chi connectivity index (χ4n) is 1.37. The molecule has 8 heteroatoms. The van der Waals surface area contributed by atoms with Crippen molar-refractivity contribution >= 4 is 5.97 Å². The van der Waals surface area contributed by atoms with Crippen LogP contribution in [0.1, 0.15) is 25.6 Å². The van der Waals surface area contributed by atoms with E-state index >= 15 is 0 Å². The Morgan fingerprint density at radius 1 is 1.68 bits per heavy atom. The second-order valence-electron chi connectivity index (χ2n) is 4.49. The number of carboxylic acid groups (broad SMARTS) is 1. The Labute approximate surface area is 108 Å². The van der Waals surface area contributed by atoms with Crippen molar-refractivity contribution in [3.63, 3.8) is 0 Å². The first-order valence-corrected chi connectivity index (χ1v) is 5.64. The van der Waals surface area contributed by atoms with E-state index in [1.165, 1.54) is 19.9 Å². The standard InChI is InChI=1S/C11H16FN3O4/c1-7-14-19-10(18)15(7)6-8(12)4-3-5-11(2,13)9(16)17/h4H,3,5-6,13H2,1-2H3,(H,16,17)/b8-4+/t11-/m1/s1. The molecule has 106 valence electrons. The molecular weight excluding hydrogens is 257 g/mol. The van der Waals surface area contributed by atoms with Gasteiger partial charge in [0.15, 0.2) is 5.82 Å². The molecule has 0 unspecified atom stereocenters. The normalized spacial score (nSPS) is 15.3. The van der Waals surface area contributed by atoms with Crippen LogP contribution in [0.4, 0.5) is 4.39 Å². The largest absolute Gasteiger partial charge is 0.480 e. The van der Waals surface area contributed by atoms with E-state index in [1.54, 1.807) is 0 Å². The molecule has 0 saturated carbocycles. The van der Waals surface area contributed by atoms with Crippen LogP contribution in [0.25, 0.3) is 0 Å². The highest BCUT2D eigenvalue weighted by atomic mass is 19.1. The first-order chi connectivity index (χ1) is 8.74. The summed E-state index contributed by atoms with van der Waals surface area (Å²) in [6.07, 6.45) is 1.45. The van der Waals surface area contributed by atoms with Crippen molar-refractivity contribution < 1.29 is 18.8 Å². The van der Waals surface area contributed by atoms with E-state index in [4.69, 9.17) is 10.8 Å². The van der Waals surface area contributed by atoms with Crippen molar-refractivity contribution in [1.82, 2.24) is 9.72 Å². The number of carboxylic acids is 1. The van der Waals surface area contributed by atoms with E-state index < -0.39 is 23.1 Å². The van der Waals surface area contributed by atoms with E-state index in [2.05, 4.69) is 9.68 Å². The SMILES string of the molecule is Cc1noc(=O)n1C/C(F)=C\CC[C@@](C)(N)C(=O)O. The molecule has 0 aromatic carbocycles. The first-order valence-electron chi connectivity index (χ1n) is 5.64. The zero-order chi connectivity index (χ0) is 14.6. The summed E-state index contributed by atoms with van der Waals surface area (Å²) in [5.74, 6) is -2.19. The maximum absolute atomic E-state index is 13.5. The van der Waals surface area contributed by atoms with Crippen molar-refractivity contribution in [2.45, 2.75) is 38.8 Å². The molecule has 1 rings (SSSR count). The van der Waals surface area contributed by atoms with E-state index in [1.807, 2.05) is 0 Å². The number of halogens is 1. The maximum atomic E-state index is 13.5. The van der Waals surface area contributed by atoms with Gasteiger partial charge in [-0.25, -0.2) is 9.18 Å². The molecule has 0 aliphatic heterocycles. The Bertz CT molecular complexity index is 544. The molecule has 0 aliphatic carbocycles. The molecule has 7 nitrogen and oxygen atoms in total. The summed E-state index contributed by atoms with van der Waals surface area (Å²) in [6, 6.07) is 0. The topological polar surface area (TPSA) is 111 Å². The number of hydrogen-bond donors (Lipinski definition) is 2. The minimum absolute atomic E-state index is 0.0905. The average molecular weight is 273 g/mol. The highest BCUT2D eigenvalue weighted by Crippen LogP contribution is 2.12. The molecule has 0 fully saturated rings. The molecule has 0 aliphatic rings. The van der Waals surface area contributed by atoms with Crippen LogP contribution < -0.4 is 11.5 Å². The molecular formula is C11H16FN3O4. The molecule has 0 bridgehead atoms. The molecule has 1 atom stereocenters. The van der Waals surface area contributed by atoms with Crippen molar-refractivity contribution in [2.24, 2.45) is 5.73 Å². The Hall–Kier alpha value is -1.96. The van der Waals surface area contributed by atoms with Gasteiger partial charge in [0.25, 0.3) is 0 Å². The zero-order valence-corrected chi connectivity index (χ0v) is 10.7. The van der Waals surface area contributed by atoms with Gasteiger partial charge >= 0.3 is 11.7 Å². The number of nitrogens with zero attached hydrogens (tertiary/aromatic N) is 2. The molecule has 19 heavy (non-hydrogen) atoms. The molecule has 0 radical (unpaired) electrons. The van der Waals surface area contributed by atoms with Gasteiger partial charge in [0.2, 0.25) is 0 Å². The van der Waals surface area contributed by atoms with Crippen LogP contribution in [-0.4, -0.2) is 26.3 Å². The van der Waals surface area contributed by atoms with Crippen molar-refractivity contribution in [1.29, 1.82) is 0 Å². The molecule has 0 spiro atoms. The van der Waals surface area contributed by atoms with Crippen molar-refractivity contribution in [2.75, 3.05) is 0 Å². The van der Waals surface area contributed by atoms with Gasteiger partial charge in [0.1, 0.15) is 11.4 Å². The Morgan fingerprint density at radius 3 is 2.79 bits per heavy atom. The van der Waals surface area contributed by atoms with Gasteiger partial charge in [-0.1, -0.05) is 11.2 Å². The van der Waals surface area contributed by atoms with Crippen LogP contribution in [-0.2, 0) is 11.3 Å². The fourth-order valence-corrected chi connectivity index (χ4v) is 1.37.